The van der Waals surface area contributed by atoms with Gasteiger partial charge in [0, 0.05) is 39.5 Å². The van der Waals surface area contributed by atoms with Crippen LogP contribution in [-0.4, -0.2) is 78.8 Å². The fourth-order valence-corrected chi connectivity index (χ4v) is 8.10. The molecule has 2 fully saturated rings. The minimum absolute atomic E-state index is 0.0905. The molecular weight excluding hydrogens is 540 g/mol. The summed E-state index contributed by atoms with van der Waals surface area (Å²) in [6.07, 6.45) is 2.04. The van der Waals surface area contributed by atoms with Crippen LogP contribution in [0.2, 0.25) is 0 Å². The SMILES string of the molecule is CC(C)(O)CON1C(C)(C)CC(C(CCCC(=O)[O-])(C(=O)[O-])C2CC(C)(C)N(OCC(C)(C)O)C(C)(C)C2)CC1(C)C. The molecule has 10 heteroatoms. The molecule has 42 heavy (non-hydrogen) atoms. The van der Waals surface area contributed by atoms with E-state index < -0.39 is 50.7 Å². The molecule has 246 valence electrons. The Bertz CT molecular complexity index is 867. The van der Waals surface area contributed by atoms with Gasteiger partial charge in [0.25, 0.3) is 0 Å². The van der Waals surface area contributed by atoms with E-state index in [0.29, 0.717) is 25.7 Å². The number of carboxylic acids is 2. The van der Waals surface area contributed by atoms with E-state index in [1.807, 2.05) is 65.5 Å². The van der Waals surface area contributed by atoms with Crippen LogP contribution in [0.5, 0.6) is 0 Å². The van der Waals surface area contributed by atoms with E-state index >= 15 is 0 Å². The molecular formula is C32H58N2O8-2. The highest BCUT2D eigenvalue weighted by Crippen LogP contribution is 2.58. The van der Waals surface area contributed by atoms with E-state index in [-0.39, 0.29) is 44.3 Å². The lowest BCUT2D eigenvalue weighted by Crippen LogP contribution is -2.68. The van der Waals surface area contributed by atoms with Gasteiger partial charge in [0.05, 0.1) is 24.4 Å². The third kappa shape index (κ3) is 8.66. The predicted molar refractivity (Wildman–Crippen MR) is 156 cm³/mol. The lowest BCUT2D eigenvalue weighted by molar-refractivity contribution is -0.346. The van der Waals surface area contributed by atoms with Gasteiger partial charge in [-0.2, -0.15) is 10.1 Å². The molecule has 2 heterocycles. The molecule has 2 N–H and O–H groups in total. The van der Waals surface area contributed by atoms with Gasteiger partial charge < -0.3 is 30.0 Å². The van der Waals surface area contributed by atoms with Gasteiger partial charge in [-0.25, -0.2) is 0 Å². The maximum Gasteiger partial charge on any atom is 0.0967 e. The number of carboxylic acid groups (broad SMARTS) is 2. The van der Waals surface area contributed by atoms with E-state index in [0.717, 1.165) is 0 Å². The molecule has 0 atom stereocenters. The number of aliphatic carboxylic acids is 2. The van der Waals surface area contributed by atoms with Crippen LogP contribution in [0.15, 0.2) is 0 Å². The molecule has 0 unspecified atom stereocenters. The fourth-order valence-electron chi connectivity index (χ4n) is 8.10. The molecule has 2 saturated heterocycles. The second kappa shape index (κ2) is 12.2. The van der Waals surface area contributed by atoms with Crippen LogP contribution >= 0.6 is 0 Å². The molecule has 0 aromatic rings. The maximum absolute atomic E-state index is 13.6. The van der Waals surface area contributed by atoms with Gasteiger partial charge in [-0.05, 0) is 140 Å². The summed E-state index contributed by atoms with van der Waals surface area (Å²) < 4.78 is 0. The Kier molecular flexibility index (Phi) is 10.7. The smallest absolute Gasteiger partial charge is 0.0967 e. The molecule has 0 aliphatic carbocycles. The number of hydroxylamine groups is 4. The van der Waals surface area contributed by atoms with Gasteiger partial charge in [0.1, 0.15) is 0 Å². The Morgan fingerprint density at radius 2 is 1.02 bits per heavy atom. The maximum atomic E-state index is 13.6. The van der Waals surface area contributed by atoms with Gasteiger partial charge >= 0.3 is 0 Å². The molecule has 10 nitrogen and oxygen atoms in total. The van der Waals surface area contributed by atoms with Gasteiger partial charge in [0.15, 0.2) is 0 Å². The van der Waals surface area contributed by atoms with Gasteiger partial charge in [-0.3, -0.25) is 9.68 Å². The van der Waals surface area contributed by atoms with Crippen molar-refractivity contribution in [3.8, 4) is 0 Å². The number of piperidine rings is 2. The second-order valence-electron chi connectivity index (χ2n) is 16.8. The molecule has 2 aliphatic heterocycles. The van der Waals surface area contributed by atoms with Crippen molar-refractivity contribution in [3.05, 3.63) is 0 Å². The topological polar surface area (TPSA) is 146 Å². The highest BCUT2D eigenvalue weighted by Gasteiger charge is 2.59. The van der Waals surface area contributed by atoms with Gasteiger partial charge in [-0.15, -0.1) is 0 Å². The Balaban J connectivity index is 2.59. The molecule has 0 bridgehead atoms. The molecule has 0 amide bonds. The summed E-state index contributed by atoms with van der Waals surface area (Å²) in [4.78, 5) is 37.4. The minimum atomic E-state index is -1.32. The molecule has 0 spiro atoms. The zero-order valence-corrected chi connectivity index (χ0v) is 28.3. The van der Waals surface area contributed by atoms with Gasteiger partial charge in [0.2, 0.25) is 0 Å². The standard InChI is InChI=1S/C32H60N2O8/c1-26(2)16-22(17-27(3,4)33(26)41-20-30(9,10)39)32(25(37)38,15-13-14-24(35)36)23-18-28(5,6)34(29(7,8)19-23)42-21-31(11,12)40/h22-23,39-40H,13-21H2,1-12H3,(H,35,36)(H,37,38)/p-2. The van der Waals surface area contributed by atoms with Crippen LogP contribution in [0.4, 0.5) is 0 Å². The Hall–Kier alpha value is -1.30. The van der Waals surface area contributed by atoms with Crippen molar-refractivity contribution in [2.45, 2.75) is 161 Å². The first kappa shape index (κ1) is 36.9. The van der Waals surface area contributed by atoms with E-state index in [1.165, 1.54) is 0 Å². The van der Waals surface area contributed by atoms with Crippen molar-refractivity contribution in [1.82, 2.24) is 10.1 Å². The molecule has 0 aromatic carbocycles. The number of carbonyl (C=O) groups excluding carboxylic acids is 2. The highest BCUT2D eigenvalue weighted by atomic mass is 16.7. The number of nitrogens with zero attached hydrogens (tertiary/aromatic N) is 2. The summed E-state index contributed by atoms with van der Waals surface area (Å²) in [5.41, 5.74) is -5.75. The van der Waals surface area contributed by atoms with Crippen molar-refractivity contribution in [3.63, 3.8) is 0 Å². The first-order valence-electron chi connectivity index (χ1n) is 15.4. The summed E-state index contributed by atoms with van der Waals surface area (Å²) in [6, 6.07) is 0. The lowest BCUT2D eigenvalue weighted by Gasteiger charge is -2.63. The quantitative estimate of drug-likeness (QED) is 0.324. The van der Waals surface area contributed by atoms with Crippen LogP contribution in [0, 0.1) is 17.3 Å². The van der Waals surface area contributed by atoms with Crippen molar-refractivity contribution in [2.24, 2.45) is 17.3 Å². The third-order valence-electron chi connectivity index (χ3n) is 9.09. The summed E-state index contributed by atoms with van der Waals surface area (Å²) in [7, 11) is 0. The van der Waals surface area contributed by atoms with Crippen molar-refractivity contribution in [2.75, 3.05) is 13.2 Å². The van der Waals surface area contributed by atoms with E-state index in [2.05, 4.69) is 0 Å². The van der Waals surface area contributed by atoms with Crippen LogP contribution in [0.3, 0.4) is 0 Å². The zero-order chi connectivity index (χ0) is 32.7. The molecule has 2 rings (SSSR count). The van der Waals surface area contributed by atoms with Crippen LogP contribution in [0.25, 0.3) is 0 Å². The van der Waals surface area contributed by atoms with E-state index in [4.69, 9.17) is 9.68 Å². The minimum Gasteiger partial charge on any atom is -0.550 e. The molecule has 0 radical (unpaired) electrons. The second-order valence-corrected chi connectivity index (χ2v) is 16.8. The van der Waals surface area contributed by atoms with E-state index in [9.17, 15) is 30.0 Å². The molecule has 0 aromatic heterocycles. The third-order valence-corrected chi connectivity index (χ3v) is 9.09. The van der Waals surface area contributed by atoms with E-state index in [1.54, 1.807) is 27.7 Å². The number of hydrogen-bond acceptors (Lipinski definition) is 10. The first-order chi connectivity index (χ1) is 18.7. The Morgan fingerprint density at radius 3 is 1.26 bits per heavy atom. The number of hydrogen-bond donors (Lipinski definition) is 2. The summed E-state index contributed by atoms with van der Waals surface area (Å²) >= 11 is 0. The van der Waals surface area contributed by atoms with Crippen molar-refractivity contribution < 1.29 is 39.7 Å². The molecule has 0 saturated carbocycles. The summed E-state index contributed by atoms with van der Waals surface area (Å²) in [6.45, 7) is 23.1. The van der Waals surface area contributed by atoms with Crippen LogP contribution in [-0.2, 0) is 19.3 Å². The van der Waals surface area contributed by atoms with Gasteiger partial charge in [-0.1, -0.05) is 0 Å². The number of carbonyl (C=O) groups is 2. The summed E-state index contributed by atoms with van der Waals surface area (Å²) in [5, 5.41) is 49.5. The van der Waals surface area contributed by atoms with Crippen molar-refractivity contribution in [1.29, 1.82) is 0 Å². The monoisotopic (exact) mass is 598 g/mol. The number of aliphatic hydroxyl groups is 2. The lowest BCUT2D eigenvalue weighted by atomic mass is 9.52. The Labute approximate surface area is 253 Å². The highest BCUT2D eigenvalue weighted by molar-refractivity contribution is 5.74. The zero-order valence-electron chi connectivity index (χ0n) is 28.3. The van der Waals surface area contributed by atoms with Crippen LogP contribution < -0.4 is 10.2 Å². The average molecular weight is 599 g/mol. The van der Waals surface area contributed by atoms with Crippen molar-refractivity contribution >= 4 is 11.9 Å². The number of rotatable bonds is 13. The predicted octanol–water partition coefficient (Wildman–Crippen LogP) is 2.59. The average Bonchev–Trinajstić information content (AvgIpc) is 2.71. The Morgan fingerprint density at radius 1 is 0.714 bits per heavy atom. The summed E-state index contributed by atoms with van der Waals surface area (Å²) in [5.74, 6) is -3.02. The normalized spacial score (nSPS) is 24.0. The molecule has 2 aliphatic rings. The first-order valence-corrected chi connectivity index (χ1v) is 15.4. The largest absolute Gasteiger partial charge is 0.550 e. The van der Waals surface area contributed by atoms with Crippen LogP contribution in [0.1, 0.15) is 128 Å². The fraction of sp³-hybridized carbons (Fsp3) is 0.938.